The maximum Gasteiger partial charge on any atom is 0.312 e. The van der Waals surface area contributed by atoms with Gasteiger partial charge in [-0.25, -0.2) is 0 Å². The molecular formula is C13H17NO6. The summed E-state index contributed by atoms with van der Waals surface area (Å²) in [6, 6.07) is 0. The van der Waals surface area contributed by atoms with Gasteiger partial charge in [0.2, 0.25) is 5.91 Å². The Morgan fingerprint density at radius 2 is 2.45 bits per heavy atom. The van der Waals surface area contributed by atoms with Crippen LogP contribution in [-0.4, -0.2) is 71.6 Å². The maximum absolute atomic E-state index is 12.5. The number of methoxy groups -OCH3 is 1. The maximum atomic E-state index is 12.5. The Morgan fingerprint density at radius 3 is 3.10 bits per heavy atom. The van der Waals surface area contributed by atoms with E-state index in [2.05, 4.69) is 0 Å². The lowest BCUT2D eigenvalue weighted by Gasteiger charge is -2.22. The number of nitrogens with zero attached hydrogens (tertiary/aromatic N) is 1. The molecule has 0 radical (unpaired) electrons. The zero-order valence-electron chi connectivity index (χ0n) is 11.1. The number of hydrogen-bond donors (Lipinski definition) is 2. The van der Waals surface area contributed by atoms with E-state index < -0.39 is 42.2 Å². The summed E-state index contributed by atoms with van der Waals surface area (Å²) in [6.45, 7) is -0.0986. The van der Waals surface area contributed by atoms with Gasteiger partial charge in [0.25, 0.3) is 0 Å². The number of rotatable bonds is 4. The van der Waals surface area contributed by atoms with Crippen LogP contribution in [0.2, 0.25) is 0 Å². The molecule has 0 unspecified atom stereocenters. The van der Waals surface area contributed by atoms with Gasteiger partial charge in [-0.15, -0.1) is 0 Å². The minimum Gasteiger partial charge on any atom is -0.469 e. The highest BCUT2D eigenvalue weighted by molar-refractivity contribution is 5.91. The summed E-state index contributed by atoms with van der Waals surface area (Å²) in [4.78, 5) is 25.8. The molecule has 7 nitrogen and oxygen atoms in total. The van der Waals surface area contributed by atoms with Crippen LogP contribution in [0.25, 0.3) is 0 Å². The van der Waals surface area contributed by atoms with Crippen LogP contribution < -0.4 is 0 Å². The van der Waals surface area contributed by atoms with Crippen LogP contribution in [-0.2, 0) is 19.1 Å². The van der Waals surface area contributed by atoms with Crippen molar-refractivity contribution in [3.05, 3.63) is 12.2 Å². The van der Waals surface area contributed by atoms with E-state index in [1.165, 1.54) is 12.0 Å². The van der Waals surface area contributed by atoms with Crippen molar-refractivity contribution >= 4 is 11.9 Å². The number of carbonyl (C=O) groups excluding carboxylic acids is 2. The highest BCUT2D eigenvalue weighted by atomic mass is 16.5. The van der Waals surface area contributed by atoms with Crippen LogP contribution in [0, 0.1) is 11.8 Å². The minimum absolute atomic E-state index is 0.0311. The average Bonchev–Trinajstić information content (AvgIpc) is 3.07. The van der Waals surface area contributed by atoms with Crippen molar-refractivity contribution in [2.75, 3.05) is 26.8 Å². The van der Waals surface area contributed by atoms with Crippen molar-refractivity contribution in [1.29, 1.82) is 0 Å². The summed E-state index contributed by atoms with van der Waals surface area (Å²) in [5, 5.41) is 18.4. The number of β-amino-alcohol motifs (C(OH)–C–C–N with tert-alkyl or cyclic N) is 1. The van der Waals surface area contributed by atoms with Crippen molar-refractivity contribution in [3.63, 3.8) is 0 Å². The summed E-state index contributed by atoms with van der Waals surface area (Å²) >= 11 is 0. The molecule has 20 heavy (non-hydrogen) atoms. The summed E-state index contributed by atoms with van der Waals surface area (Å²) in [5.41, 5.74) is -0.796. The number of aliphatic hydroxyl groups is 2. The fourth-order valence-corrected chi connectivity index (χ4v) is 3.45. The fraction of sp³-hybridized carbons (Fsp3) is 0.692. The molecule has 2 saturated heterocycles. The summed E-state index contributed by atoms with van der Waals surface area (Å²) in [5.74, 6) is -1.92. The molecular weight excluding hydrogens is 266 g/mol. The monoisotopic (exact) mass is 283 g/mol. The molecule has 3 heterocycles. The Labute approximate surface area is 115 Å². The zero-order valence-corrected chi connectivity index (χ0v) is 11.1. The molecule has 3 aliphatic rings. The molecule has 110 valence electrons. The van der Waals surface area contributed by atoms with Crippen LogP contribution >= 0.6 is 0 Å². The Morgan fingerprint density at radius 1 is 1.70 bits per heavy atom. The second-order valence-corrected chi connectivity index (χ2v) is 5.48. The van der Waals surface area contributed by atoms with Gasteiger partial charge < -0.3 is 24.6 Å². The van der Waals surface area contributed by atoms with Gasteiger partial charge >= 0.3 is 5.97 Å². The lowest BCUT2D eigenvalue weighted by Crippen LogP contribution is -2.40. The largest absolute Gasteiger partial charge is 0.469 e. The topological polar surface area (TPSA) is 96.3 Å². The number of fused-ring (bicyclic) bond motifs is 1. The molecule has 3 aliphatic heterocycles. The first kappa shape index (κ1) is 13.5. The number of carbonyl (C=O) groups is 2. The summed E-state index contributed by atoms with van der Waals surface area (Å²) in [7, 11) is 1.29. The third-order valence-corrected chi connectivity index (χ3v) is 4.29. The van der Waals surface area contributed by atoms with Crippen LogP contribution in [0.5, 0.6) is 0 Å². The highest BCUT2D eigenvalue weighted by Crippen LogP contribution is 2.52. The second kappa shape index (κ2) is 4.54. The molecule has 2 bridgehead atoms. The van der Waals surface area contributed by atoms with Crippen LogP contribution in [0.15, 0.2) is 12.2 Å². The van der Waals surface area contributed by atoms with E-state index >= 15 is 0 Å². The number of hydrogen-bond acceptors (Lipinski definition) is 6. The molecule has 2 fully saturated rings. The third-order valence-electron chi connectivity index (χ3n) is 4.29. The predicted octanol–water partition coefficient (Wildman–Crippen LogP) is -1.71. The van der Waals surface area contributed by atoms with E-state index in [0.717, 1.165) is 0 Å². The van der Waals surface area contributed by atoms with E-state index in [4.69, 9.17) is 14.6 Å². The first-order valence-corrected chi connectivity index (χ1v) is 6.55. The standard InChI is InChI=1S/C13H17NO6/c1-19-12(18)9-8-2-3-13(20-8)6-14(4-7(16)5-15)11(17)10(9)13/h2-3,7-10,15-16H,4-6H2,1H3/t7-,8+,9+,10+,13-/m0/s1. The van der Waals surface area contributed by atoms with E-state index in [0.29, 0.717) is 0 Å². The summed E-state index contributed by atoms with van der Waals surface area (Å²) in [6.07, 6.45) is 2.20. The number of amides is 1. The van der Waals surface area contributed by atoms with Crippen molar-refractivity contribution < 1.29 is 29.3 Å². The van der Waals surface area contributed by atoms with E-state index in [1.807, 2.05) is 6.08 Å². The molecule has 0 aromatic carbocycles. The van der Waals surface area contributed by atoms with Crippen molar-refractivity contribution in [2.45, 2.75) is 17.8 Å². The van der Waals surface area contributed by atoms with Gasteiger partial charge in [0.1, 0.15) is 11.5 Å². The van der Waals surface area contributed by atoms with Crippen LogP contribution in [0.1, 0.15) is 0 Å². The zero-order chi connectivity index (χ0) is 14.5. The number of ether oxygens (including phenoxy) is 2. The van der Waals surface area contributed by atoms with Crippen molar-refractivity contribution in [1.82, 2.24) is 4.90 Å². The molecule has 1 spiro atoms. The van der Waals surface area contributed by atoms with Crippen molar-refractivity contribution in [3.8, 4) is 0 Å². The Bertz CT molecular complexity index is 477. The lowest BCUT2D eigenvalue weighted by molar-refractivity contribution is -0.151. The second-order valence-electron chi connectivity index (χ2n) is 5.48. The first-order valence-electron chi connectivity index (χ1n) is 6.55. The van der Waals surface area contributed by atoms with Gasteiger partial charge in [0.05, 0.1) is 38.4 Å². The highest BCUT2D eigenvalue weighted by Gasteiger charge is 2.67. The number of likely N-dealkylation sites (tertiary alicyclic amines) is 1. The smallest absolute Gasteiger partial charge is 0.312 e. The molecule has 0 saturated carbocycles. The van der Waals surface area contributed by atoms with Gasteiger partial charge in [0, 0.05) is 6.54 Å². The molecule has 2 N–H and O–H groups in total. The van der Waals surface area contributed by atoms with E-state index in [-0.39, 0.29) is 19.0 Å². The van der Waals surface area contributed by atoms with Crippen LogP contribution in [0.4, 0.5) is 0 Å². The molecule has 7 heteroatoms. The average molecular weight is 283 g/mol. The van der Waals surface area contributed by atoms with Gasteiger partial charge in [0.15, 0.2) is 0 Å². The molecule has 0 aliphatic carbocycles. The van der Waals surface area contributed by atoms with Crippen molar-refractivity contribution in [2.24, 2.45) is 11.8 Å². The van der Waals surface area contributed by atoms with Crippen LogP contribution in [0.3, 0.4) is 0 Å². The van der Waals surface area contributed by atoms with Gasteiger partial charge in [-0.1, -0.05) is 12.2 Å². The third kappa shape index (κ3) is 1.70. The van der Waals surface area contributed by atoms with E-state index in [1.54, 1.807) is 6.08 Å². The fourth-order valence-electron chi connectivity index (χ4n) is 3.45. The first-order chi connectivity index (χ1) is 9.52. The Balaban J connectivity index is 1.86. The molecule has 1 amide bonds. The lowest BCUT2D eigenvalue weighted by atomic mass is 9.77. The number of aliphatic hydroxyl groups excluding tert-OH is 2. The molecule has 0 aromatic rings. The Hall–Kier alpha value is -1.44. The summed E-state index contributed by atoms with van der Waals surface area (Å²) < 4.78 is 10.6. The number of esters is 1. The Kier molecular flexibility index (Phi) is 3.07. The van der Waals surface area contributed by atoms with Gasteiger partial charge in [-0.05, 0) is 0 Å². The SMILES string of the molecule is COC(=O)[C@@H]1[C@H]2C=C[C@@]3(CN(C[C@H](O)CO)C(=O)[C@@H]13)O2. The minimum atomic E-state index is -0.994. The predicted molar refractivity (Wildman–Crippen MR) is 65.4 cm³/mol. The molecule has 0 aromatic heterocycles. The normalized spacial score (nSPS) is 39.2. The molecule has 3 rings (SSSR count). The van der Waals surface area contributed by atoms with E-state index in [9.17, 15) is 14.7 Å². The molecule has 5 atom stereocenters. The van der Waals surface area contributed by atoms with Gasteiger partial charge in [-0.3, -0.25) is 9.59 Å². The van der Waals surface area contributed by atoms with Gasteiger partial charge in [-0.2, -0.15) is 0 Å². The quantitative estimate of drug-likeness (QED) is 0.471.